The number of amides is 1. The number of nitrogens with one attached hydrogen (secondary N) is 2. The minimum atomic E-state index is -4.82. The molecule has 1 aromatic rings. The van der Waals surface area contributed by atoms with Gasteiger partial charge in [0.15, 0.2) is 0 Å². The Morgan fingerprint density at radius 2 is 2.04 bits per heavy atom. The van der Waals surface area contributed by atoms with E-state index in [0.717, 1.165) is 42.4 Å². The number of alkyl halides is 3. The topological polar surface area (TPSA) is 44.4 Å². The van der Waals surface area contributed by atoms with Crippen LogP contribution in [0.4, 0.5) is 18.9 Å². The fourth-order valence-electron chi connectivity index (χ4n) is 4.21. The van der Waals surface area contributed by atoms with E-state index in [4.69, 9.17) is 0 Å². The molecule has 0 aromatic heterocycles. The summed E-state index contributed by atoms with van der Waals surface area (Å²) in [5.41, 5.74) is 2.44. The summed E-state index contributed by atoms with van der Waals surface area (Å²) in [5.74, 6) is -0.592. The van der Waals surface area contributed by atoms with Crippen molar-refractivity contribution in [3.05, 3.63) is 29.3 Å². The third kappa shape index (κ3) is 3.60. The first-order valence-electron chi connectivity index (χ1n) is 9.39. The van der Waals surface area contributed by atoms with Crippen molar-refractivity contribution in [2.24, 2.45) is 5.92 Å². The largest absolute Gasteiger partial charge is 0.471 e. The number of nitrogens with zero attached hydrogens (tertiary/aromatic N) is 1. The highest BCUT2D eigenvalue weighted by atomic mass is 19.4. The number of fused-ring (bicyclic) bond motifs is 1. The van der Waals surface area contributed by atoms with E-state index in [0.29, 0.717) is 24.1 Å². The molecule has 1 saturated heterocycles. The standard InChI is InChI=1S/C19H24F3N3O/c20-19(21,22)18(26)25-8-5-14-9-13(1-2-17(14)25)15-10-16(15)24-11-12-3-6-23-7-4-12/h1-2,9,12,15-16,23-24H,3-8,10-11H2. The van der Waals surface area contributed by atoms with Gasteiger partial charge in [0.05, 0.1) is 0 Å². The zero-order valence-electron chi connectivity index (χ0n) is 14.6. The molecule has 2 unspecified atom stereocenters. The lowest BCUT2D eigenvalue weighted by molar-refractivity contribution is -0.170. The maximum atomic E-state index is 12.7. The molecule has 2 atom stereocenters. The smallest absolute Gasteiger partial charge is 0.317 e. The lowest BCUT2D eigenvalue weighted by atomic mass is 9.98. The maximum absolute atomic E-state index is 12.7. The average Bonchev–Trinajstić information content (AvgIpc) is 3.29. The fourth-order valence-corrected chi connectivity index (χ4v) is 4.21. The molecule has 0 bridgehead atoms. The Morgan fingerprint density at radius 3 is 2.77 bits per heavy atom. The van der Waals surface area contributed by atoms with Crippen LogP contribution < -0.4 is 15.5 Å². The Labute approximate surface area is 151 Å². The summed E-state index contributed by atoms with van der Waals surface area (Å²) in [7, 11) is 0. The van der Waals surface area contributed by atoms with Crippen molar-refractivity contribution in [1.29, 1.82) is 0 Å². The summed E-state index contributed by atoms with van der Waals surface area (Å²) in [6.45, 7) is 3.34. The quantitative estimate of drug-likeness (QED) is 0.860. The number of carbonyl (C=O) groups excluding carboxylic acids is 1. The van der Waals surface area contributed by atoms with Gasteiger partial charge in [-0.3, -0.25) is 4.79 Å². The van der Waals surface area contributed by atoms with Crippen molar-refractivity contribution >= 4 is 11.6 Å². The second kappa shape index (κ2) is 6.85. The van der Waals surface area contributed by atoms with Gasteiger partial charge in [0.1, 0.15) is 0 Å². The zero-order chi connectivity index (χ0) is 18.3. The third-order valence-electron chi connectivity index (χ3n) is 5.83. The first-order chi connectivity index (χ1) is 12.4. The van der Waals surface area contributed by atoms with Crippen LogP contribution >= 0.6 is 0 Å². The summed E-state index contributed by atoms with van der Waals surface area (Å²) in [6.07, 6.45) is -0.821. The number of hydrogen-bond acceptors (Lipinski definition) is 3. The number of carbonyl (C=O) groups is 1. The summed E-state index contributed by atoms with van der Waals surface area (Å²) < 4.78 is 38.1. The molecule has 3 aliphatic rings. The van der Waals surface area contributed by atoms with E-state index < -0.39 is 12.1 Å². The molecule has 2 aliphatic heterocycles. The number of piperidine rings is 1. The number of halogens is 3. The first-order valence-corrected chi connectivity index (χ1v) is 9.39. The van der Waals surface area contributed by atoms with Crippen LogP contribution in [-0.2, 0) is 11.2 Å². The fraction of sp³-hybridized carbons (Fsp3) is 0.632. The van der Waals surface area contributed by atoms with Gasteiger partial charge in [-0.2, -0.15) is 13.2 Å². The Hall–Kier alpha value is -1.60. The van der Waals surface area contributed by atoms with Gasteiger partial charge in [0, 0.05) is 24.2 Å². The second-order valence-electron chi connectivity index (χ2n) is 7.64. The monoisotopic (exact) mass is 367 g/mol. The van der Waals surface area contributed by atoms with E-state index in [-0.39, 0.29) is 6.54 Å². The predicted octanol–water partition coefficient (Wildman–Crippen LogP) is 2.58. The average molecular weight is 367 g/mol. The molecular formula is C19H24F3N3O. The lowest BCUT2D eigenvalue weighted by Gasteiger charge is -2.23. The second-order valence-corrected chi connectivity index (χ2v) is 7.64. The van der Waals surface area contributed by atoms with Gasteiger partial charge in [-0.15, -0.1) is 0 Å². The van der Waals surface area contributed by atoms with E-state index >= 15 is 0 Å². The molecule has 2 heterocycles. The summed E-state index contributed by atoms with van der Waals surface area (Å²) in [4.78, 5) is 12.4. The van der Waals surface area contributed by atoms with E-state index in [2.05, 4.69) is 10.6 Å². The van der Waals surface area contributed by atoms with E-state index in [1.54, 1.807) is 6.07 Å². The third-order valence-corrected chi connectivity index (χ3v) is 5.83. The molecule has 2 N–H and O–H groups in total. The van der Waals surface area contributed by atoms with Gasteiger partial charge in [-0.05, 0) is 68.4 Å². The van der Waals surface area contributed by atoms with Gasteiger partial charge in [0.2, 0.25) is 0 Å². The molecule has 1 aliphatic carbocycles. The van der Waals surface area contributed by atoms with Gasteiger partial charge in [-0.25, -0.2) is 0 Å². The molecule has 7 heteroatoms. The van der Waals surface area contributed by atoms with Crippen LogP contribution in [0, 0.1) is 5.92 Å². The highest BCUT2D eigenvalue weighted by Crippen LogP contribution is 2.43. The van der Waals surface area contributed by atoms with Crippen molar-refractivity contribution in [3.63, 3.8) is 0 Å². The van der Waals surface area contributed by atoms with Crippen LogP contribution in [0.3, 0.4) is 0 Å². The number of anilines is 1. The molecule has 26 heavy (non-hydrogen) atoms. The van der Waals surface area contributed by atoms with Crippen LogP contribution in [-0.4, -0.2) is 44.3 Å². The van der Waals surface area contributed by atoms with Gasteiger partial charge in [-0.1, -0.05) is 12.1 Å². The molecule has 142 valence electrons. The van der Waals surface area contributed by atoms with E-state index in [1.165, 1.54) is 18.4 Å². The van der Waals surface area contributed by atoms with Crippen molar-refractivity contribution in [3.8, 4) is 0 Å². The van der Waals surface area contributed by atoms with E-state index in [1.807, 2.05) is 12.1 Å². The first kappa shape index (κ1) is 17.8. The van der Waals surface area contributed by atoms with Crippen LogP contribution in [0.25, 0.3) is 0 Å². The summed E-state index contributed by atoms with van der Waals surface area (Å²) in [5, 5.41) is 7.02. The Kier molecular flexibility index (Phi) is 4.69. The molecule has 0 spiro atoms. The normalized spacial score (nSPS) is 26.0. The number of benzene rings is 1. The van der Waals surface area contributed by atoms with Crippen LogP contribution in [0.15, 0.2) is 18.2 Å². The summed E-state index contributed by atoms with van der Waals surface area (Å²) >= 11 is 0. The Morgan fingerprint density at radius 1 is 1.27 bits per heavy atom. The van der Waals surface area contributed by atoms with Crippen molar-refractivity contribution in [1.82, 2.24) is 10.6 Å². The molecule has 1 amide bonds. The number of rotatable bonds is 4. The molecule has 4 nitrogen and oxygen atoms in total. The number of hydrogen-bond donors (Lipinski definition) is 2. The van der Waals surface area contributed by atoms with Crippen molar-refractivity contribution < 1.29 is 18.0 Å². The predicted molar refractivity (Wildman–Crippen MR) is 93.3 cm³/mol. The highest BCUT2D eigenvalue weighted by molar-refractivity contribution is 5.99. The lowest BCUT2D eigenvalue weighted by Crippen LogP contribution is -2.40. The van der Waals surface area contributed by atoms with Crippen molar-refractivity contribution in [2.75, 3.05) is 31.1 Å². The Balaban J connectivity index is 1.36. The van der Waals surface area contributed by atoms with Gasteiger partial charge >= 0.3 is 12.1 Å². The van der Waals surface area contributed by atoms with Gasteiger partial charge in [0.25, 0.3) is 0 Å². The zero-order valence-corrected chi connectivity index (χ0v) is 14.6. The van der Waals surface area contributed by atoms with Crippen LogP contribution in [0.2, 0.25) is 0 Å². The maximum Gasteiger partial charge on any atom is 0.471 e. The summed E-state index contributed by atoms with van der Waals surface area (Å²) in [6, 6.07) is 6.04. The minimum absolute atomic E-state index is 0.110. The molecule has 0 radical (unpaired) electrons. The molecule has 1 saturated carbocycles. The van der Waals surface area contributed by atoms with Crippen LogP contribution in [0.5, 0.6) is 0 Å². The highest BCUT2D eigenvalue weighted by Gasteiger charge is 2.45. The van der Waals surface area contributed by atoms with Gasteiger partial charge < -0.3 is 15.5 Å². The van der Waals surface area contributed by atoms with E-state index in [9.17, 15) is 18.0 Å². The molecular weight excluding hydrogens is 343 g/mol. The van der Waals surface area contributed by atoms with Crippen LogP contribution in [0.1, 0.15) is 36.3 Å². The molecule has 4 rings (SSSR count). The Bertz CT molecular complexity index is 685. The van der Waals surface area contributed by atoms with Crippen molar-refractivity contribution in [2.45, 2.75) is 43.8 Å². The SMILES string of the molecule is O=C(N1CCc2cc(C3CC3NCC3CCNCC3)ccc21)C(F)(F)F. The molecule has 2 fully saturated rings. The molecule has 1 aromatic carbocycles. The minimum Gasteiger partial charge on any atom is -0.317 e.